The summed E-state index contributed by atoms with van der Waals surface area (Å²) in [5.41, 5.74) is 0.288. The molecule has 0 aromatic carbocycles. The zero-order chi connectivity index (χ0) is 18.7. The second kappa shape index (κ2) is 7.45. The molecule has 1 N–H and O–H groups in total. The number of nitrogens with zero attached hydrogens (tertiary/aromatic N) is 6. The van der Waals surface area contributed by atoms with Crippen molar-refractivity contribution in [1.82, 2.24) is 29.6 Å². The Morgan fingerprint density at radius 1 is 1.31 bits per heavy atom. The molecular formula is C16H22ClN7O2. The zero-order valence-electron chi connectivity index (χ0n) is 15.0. The highest BCUT2D eigenvalue weighted by Crippen LogP contribution is 2.25. The van der Waals surface area contributed by atoms with E-state index < -0.39 is 5.60 Å². The van der Waals surface area contributed by atoms with Gasteiger partial charge in [0.05, 0.1) is 17.9 Å². The molecule has 1 fully saturated rings. The summed E-state index contributed by atoms with van der Waals surface area (Å²) in [5, 5.41) is 7.57. The van der Waals surface area contributed by atoms with Crippen LogP contribution in [-0.2, 0) is 4.74 Å². The molecule has 0 atom stereocenters. The molecule has 0 saturated carbocycles. The summed E-state index contributed by atoms with van der Waals surface area (Å²) in [6.45, 7) is 6.90. The van der Waals surface area contributed by atoms with Crippen molar-refractivity contribution >= 4 is 29.3 Å². The highest BCUT2D eigenvalue weighted by Gasteiger charge is 2.27. The molecule has 1 saturated heterocycles. The van der Waals surface area contributed by atoms with E-state index in [-0.39, 0.29) is 17.4 Å². The normalized spacial score (nSPS) is 15.8. The van der Waals surface area contributed by atoms with Gasteiger partial charge in [-0.05, 0) is 45.2 Å². The molecule has 1 amide bonds. The van der Waals surface area contributed by atoms with Crippen LogP contribution < -0.4 is 5.32 Å². The minimum atomic E-state index is -0.478. The second-order valence-corrected chi connectivity index (χ2v) is 7.45. The van der Waals surface area contributed by atoms with Crippen LogP contribution in [0.25, 0.3) is 0 Å². The number of rotatable bonds is 3. The molecule has 0 radical (unpaired) electrons. The Morgan fingerprint density at radius 3 is 2.69 bits per heavy atom. The monoisotopic (exact) mass is 379 g/mol. The predicted octanol–water partition coefficient (Wildman–Crippen LogP) is 3.04. The van der Waals surface area contributed by atoms with Crippen molar-refractivity contribution < 1.29 is 9.53 Å². The van der Waals surface area contributed by atoms with Crippen molar-refractivity contribution in [3.8, 4) is 0 Å². The first-order valence-electron chi connectivity index (χ1n) is 8.44. The summed E-state index contributed by atoms with van der Waals surface area (Å²) >= 11 is 5.75. The summed E-state index contributed by atoms with van der Waals surface area (Å²) in [7, 11) is 0. The maximum atomic E-state index is 12.1. The van der Waals surface area contributed by atoms with Gasteiger partial charge in [0.25, 0.3) is 0 Å². The highest BCUT2D eigenvalue weighted by molar-refractivity contribution is 6.28. The lowest BCUT2D eigenvalue weighted by Gasteiger charge is -2.33. The number of nitrogens with one attached hydrogen (secondary N) is 1. The Morgan fingerprint density at radius 2 is 2.04 bits per heavy atom. The maximum Gasteiger partial charge on any atom is 0.410 e. The van der Waals surface area contributed by atoms with E-state index in [1.54, 1.807) is 11.1 Å². The van der Waals surface area contributed by atoms with Gasteiger partial charge in [-0.1, -0.05) is 0 Å². The summed E-state index contributed by atoms with van der Waals surface area (Å²) in [6.07, 6.45) is 6.32. The van der Waals surface area contributed by atoms with Crippen LogP contribution in [0.15, 0.2) is 18.7 Å². The van der Waals surface area contributed by atoms with E-state index in [2.05, 4.69) is 25.4 Å². The van der Waals surface area contributed by atoms with Gasteiger partial charge in [0.15, 0.2) is 0 Å². The van der Waals surface area contributed by atoms with Crippen molar-refractivity contribution in [3.05, 3.63) is 24.0 Å². The molecule has 0 aliphatic carbocycles. The second-order valence-electron chi connectivity index (χ2n) is 7.11. The Hall–Kier alpha value is -2.42. The fourth-order valence-corrected chi connectivity index (χ4v) is 2.83. The van der Waals surface area contributed by atoms with Crippen LogP contribution in [0.2, 0.25) is 5.28 Å². The molecule has 0 unspecified atom stereocenters. The Kier molecular flexibility index (Phi) is 5.26. The van der Waals surface area contributed by atoms with E-state index in [1.165, 1.54) is 6.33 Å². The van der Waals surface area contributed by atoms with E-state index in [9.17, 15) is 4.79 Å². The van der Waals surface area contributed by atoms with Gasteiger partial charge < -0.3 is 15.0 Å². The molecule has 26 heavy (non-hydrogen) atoms. The molecule has 1 aliphatic heterocycles. The topological polar surface area (TPSA) is 98.1 Å². The van der Waals surface area contributed by atoms with E-state index in [0.717, 1.165) is 18.5 Å². The average molecular weight is 380 g/mol. The molecule has 2 aromatic heterocycles. The van der Waals surface area contributed by atoms with Crippen molar-refractivity contribution in [2.75, 3.05) is 18.4 Å². The van der Waals surface area contributed by atoms with Crippen LogP contribution in [0, 0.1) is 0 Å². The smallest absolute Gasteiger partial charge is 0.410 e. The van der Waals surface area contributed by atoms with Gasteiger partial charge in [0.2, 0.25) is 11.2 Å². The molecule has 2 aromatic rings. The van der Waals surface area contributed by atoms with E-state index in [0.29, 0.717) is 19.0 Å². The van der Waals surface area contributed by atoms with Crippen molar-refractivity contribution in [2.24, 2.45) is 0 Å². The first-order chi connectivity index (χ1) is 12.3. The number of carbonyl (C=O) groups excluding carboxylic acids is 1. The van der Waals surface area contributed by atoms with Crippen LogP contribution in [0.4, 0.5) is 16.4 Å². The molecular weight excluding hydrogens is 358 g/mol. The molecule has 0 spiro atoms. The molecule has 1 aliphatic rings. The quantitative estimate of drug-likeness (QED) is 0.874. The van der Waals surface area contributed by atoms with Gasteiger partial charge in [0.1, 0.15) is 11.9 Å². The third-order valence-electron chi connectivity index (χ3n) is 3.89. The minimum absolute atomic E-state index is 0.129. The van der Waals surface area contributed by atoms with Crippen molar-refractivity contribution in [2.45, 2.75) is 45.3 Å². The van der Waals surface area contributed by atoms with E-state index in [1.807, 2.05) is 31.6 Å². The molecule has 140 valence electrons. The number of piperidine rings is 1. The summed E-state index contributed by atoms with van der Waals surface area (Å²) in [5.74, 6) is 0.365. The number of likely N-dealkylation sites (tertiary alicyclic amines) is 1. The Balaban J connectivity index is 1.55. The van der Waals surface area contributed by atoms with Crippen LogP contribution in [0.5, 0.6) is 0 Å². The number of hydrogen-bond donors (Lipinski definition) is 1. The van der Waals surface area contributed by atoms with Gasteiger partial charge in [-0.15, -0.1) is 0 Å². The zero-order valence-corrected chi connectivity index (χ0v) is 15.8. The van der Waals surface area contributed by atoms with E-state index in [4.69, 9.17) is 16.3 Å². The largest absolute Gasteiger partial charge is 0.444 e. The molecule has 0 bridgehead atoms. The van der Waals surface area contributed by atoms with Gasteiger partial charge >= 0.3 is 6.09 Å². The molecule has 3 rings (SSSR count). The van der Waals surface area contributed by atoms with Gasteiger partial charge in [-0.3, -0.25) is 4.68 Å². The lowest BCUT2D eigenvalue weighted by atomic mass is 10.1. The van der Waals surface area contributed by atoms with Gasteiger partial charge in [0, 0.05) is 19.3 Å². The first kappa shape index (κ1) is 18.4. The number of carbonyl (C=O) groups is 1. The SMILES string of the molecule is CC(C)(C)OC(=O)N1CCC(n2cc(Nc3ncnc(Cl)n3)cn2)CC1. The fraction of sp³-hybridized carbons (Fsp3) is 0.562. The standard InChI is InChI=1S/C16H22ClN7O2/c1-16(2,3)26-15(25)23-6-4-12(5-7-23)24-9-11(8-20-24)21-14-19-10-18-13(17)22-14/h8-10,12H,4-7H2,1-3H3,(H,18,19,21,22). The van der Waals surface area contributed by atoms with Crippen molar-refractivity contribution in [3.63, 3.8) is 0 Å². The number of amides is 1. The molecule has 10 heteroatoms. The van der Waals surface area contributed by atoms with Crippen molar-refractivity contribution in [1.29, 1.82) is 0 Å². The minimum Gasteiger partial charge on any atom is -0.444 e. The van der Waals surface area contributed by atoms with Crippen LogP contribution in [0.1, 0.15) is 39.7 Å². The fourth-order valence-electron chi connectivity index (χ4n) is 2.71. The third kappa shape index (κ3) is 4.81. The van der Waals surface area contributed by atoms with Gasteiger partial charge in [-0.25, -0.2) is 14.8 Å². The van der Waals surface area contributed by atoms with Crippen LogP contribution >= 0.6 is 11.6 Å². The predicted molar refractivity (Wildman–Crippen MR) is 96.4 cm³/mol. The number of anilines is 2. The lowest BCUT2D eigenvalue weighted by Crippen LogP contribution is -2.42. The molecule has 9 nitrogen and oxygen atoms in total. The number of halogens is 1. The Labute approximate surface area is 156 Å². The third-order valence-corrected chi connectivity index (χ3v) is 4.07. The summed E-state index contributed by atoms with van der Waals surface area (Å²) in [6, 6.07) is 0.228. The Bertz CT molecular complexity index is 766. The molecule has 3 heterocycles. The van der Waals surface area contributed by atoms with Gasteiger partial charge in [-0.2, -0.15) is 10.1 Å². The first-order valence-corrected chi connectivity index (χ1v) is 8.81. The summed E-state index contributed by atoms with van der Waals surface area (Å²) in [4.78, 5) is 25.6. The number of aromatic nitrogens is 5. The van der Waals surface area contributed by atoms with Crippen LogP contribution in [-0.4, -0.2) is 54.4 Å². The maximum absolute atomic E-state index is 12.1. The summed E-state index contributed by atoms with van der Waals surface area (Å²) < 4.78 is 7.32. The highest BCUT2D eigenvalue weighted by atomic mass is 35.5. The number of hydrogen-bond acceptors (Lipinski definition) is 7. The average Bonchev–Trinajstić information content (AvgIpc) is 3.02. The lowest BCUT2D eigenvalue weighted by molar-refractivity contribution is 0.0185. The van der Waals surface area contributed by atoms with Crippen LogP contribution in [0.3, 0.4) is 0 Å². The van der Waals surface area contributed by atoms with E-state index >= 15 is 0 Å². The number of ether oxygens (including phenoxy) is 1.